The van der Waals surface area contributed by atoms with Crippen molar-refractivity contribution in [1.29, 1.82) is 0 Å². The molecule has 0 bridgehead atoms. The Morgan fingerprint density at radius 2 is 1.89 bits per heavy atom. The molecule has 0 saturated carbocycles. The van der Waals surface area contributed by atoms with Gasteiger partial charge in [0.15, 0.2) is 0 Å². The molecular formula is C13H19N3OS. The fourth-order valence-electron chi connectivity index (χ4n) is 2.31. The second kappa shape index (κ2) is 6.13. The van der Waals surface area contributed by atoms with Crippen LogP contribution >= 0.6 is 12.2 Å². The Morgan fingerprint density at radius 1 is 1.22 bits per heavy atom. The van der Waals surface area contributed by atoms with E-state index in [0.717, 1.165) is 44.0 Å². The first kappa shape index (κ1) is 13.3. The zero-order valence-electron chi connectivity index (χ0n) is 10.4. The van der Waals surface area contributed by atoms with Gasteiger partial charge in [0.05, 0.1) is 6.61 Å². The van der Waals surface area contributed by atoms with Crippen LogP contribution in [0, 0.1) is 0 Å². The molecule has 0 spiro atoms. The maximum Gasteiger partial charge on any atom is 0.106 e. The van der Waals surface area contributed by atoms with E-state index in [1.807, 2.05) is 18.2 Å². The van der Waals surface area contributed by atoms with Gasteiger partial charge in [0.2, 0.25) is 0 Å². The molecule has 0 radical (unpaired) electrons. The predicted molar refractivity (Wildman–Crippen MR) is 78.1 cm³/mol. The minimum atomic E-state index is 0.226. The van der Waals surface area contributed by atoms with Crippen molar-refractivity contribution in [3.8, 4) is 0 Å². The average Bonchev–Trinajstić information content (AvgIpc) is 2.40. The summed E-state index contributed by atoms with van der Waals surface area (Å²) in [7, 11) is 0. The Morgan fingerprint density at radius 3 is 2.50 bits per heavy atom. The third-order valence-corrected chi connectivity index (χ3v) is 3.52. The Kier molecular flexibility index (Phi) is 4.52. The summed E-state index contributed by atoms with van der Waals surface area (Å²) >= 11 is 5.09. The van der Waals surface area contributed by atoms with Crippen LogP contribution in [0.1, 0.15) is 5.56 Å². The number of aliphatic hydroxyl groups is 1. The first-order valence-electron chi connectivity index (χ1n) is 6.19. The Labute approximate surface area is 113 Å². The fraction of sp³-hybridized carbons (Fsp3) is 0.462. The quantitative estimate of drug-likeness (QED) is 0.774. The molecule has 3 N–H and O–H groups in total. The molecule has 1 fully saturated rings. The molecule has 2 rings (SSSR count). The van der Waals surface area contributed by atoms with Crippen LogP contribution in [0.25, 0.3) is 0 Å². The normalized spacial score (nSPS) is 16.8. The molecule has 1 saturated heterocycles. The molecular weight excluding hydrogens is 246 g/mol. The number of hydrogen-bond donors (Lipinski definition) is 2. The molecule has 98 valence electrons. The summed E-state index contributed by atoms with van der Waals surface area (Å²) in [6, 6.07) is 8.01. The number of para-hydroxylation sites is 1. The Bertz CT molecular complexity index is 416. The summed E-state index contributed by atoms with van der Waals surface area (Å²) in [4.78, 5) is 5.02. The summed E-state index contributed by atoms with van der Waals surface area (Å²) in [6.07, 6.45) is 0. The zero-order chi connectivity index (χ0) is 13.0. The number of thiocarbonyl (C=S) groups is 1. The lowest BCUT2D eigenvalue weighted by atomic mass is 10.1. The molecule has 5 heteroatoms. The van der Waals surface area contributed by atoms with E-state index in [4.69, 9.17) is 23.1 Å². The van der Waals surface area contributed by atoms with Gasteiger partial charge in [-0.25, -0.2) is 0 Å². The van der Waals surface area contributed by atoms with E-state index < -0.39 is 0 Å². The summed E-state index contributed by atoms with van der Waals surface area (Å²) in [5.41, 5.74) is 7.82. The van der Waals surface area contributed by atoms with Gasteiger partial charge in [-0.2, -0.15) is 0 Å². The molecule has 4 nitrogen and oxygen atoms in total. The Balaban J connectivity index is 2.07. The van der Waals surface area contributed by atoms with Gasteiger partial charge < -0.3 is 15.7 Å². The van der Waals surface area contributed by atoms with Gasteiger partial charge in [-0.15, -0.1) is 0 Å². The summed E-state index contributed by atoms with van der Waals surface area (Å²) < 4.78 is 0. The first-order valence-corrected chi connectivity index (χ1v) is 6.60. The van der Waals surface area contributed by atoms with Crippen molar-refractivity contribution >= 4 is 22.9 Å². The first-order chi connectivity index (χ1) is 8.72. The second-order valence-corrected chi connectivity index (χ2v) is 4.87. The number of hydrogen-bond acceptors (Lipinski definition) is 4. The highest BCUT2D eigenvalue weighted by Gasteiger charge is 2.18. The van der Waals surface area contributed by atoms with Gasteiger partial charge >= 0.3 is 0 Å². The van der Waals surface area contributed by atoms with E-state index in [2.05, 4.69) is 15.9 Å². The predicted octanol–water partition coefficient (Wildman–Crippen LogP) is 0.435. The highest BCUT2D eigenvalue weighted by atomic mass is 32.1. The van der Waals surface area contributed by atoms with Gasteiger partial charge in [-0.05, 0) is 12.1 Å². The third kappa shape index (κ3) is 2.98. The molecule has 0 amide bonds. The number of piperazine rings is 1. The molecule has 1 aromatic carbocycles. The smallest absolute Gasteiger partial charge is 0.106 e. The minimum Gasteiger partial charge on any atom is -0.395 e. The van der Waals surface area contributed by atoms with Crippen molar-refractivity contribution in [2.75, 3.05) is 44.2 Å². The van der Waals surface area contributed by atoms with Crippen molar-refractivity contribution in [3.05, 3.63) is 29.8 Å². The van der Waals surface area contributed by atoms with Crippen LogP contribution in [0.2, 0.25) is 0 Å². The molecule has 0 aromatic heterocycles. The van der Waals surface area contributed by atoms with Crippen LogP contribution in [0.3, 0.4) is 0 Å². The van der Waals surface area contributed by atoms with Crippen LogP contribution in [-0.4, -0.2) is 54.3 Å². The monoisotopic (exact) mass is 265 g/mol. The Hall–Kier alpha value is -1.17. The van der Waals surface area contributed by atoms with Crippen molar-refractivity contribution in [2.24, 2.45) is 5.73 Å². The number of β-amino-alcohol motifs (C(OH)–C–C–N with tert-alkyl or cyclic N) is 1. The van der Waals surface area contributed by atoms with Crippen LogP contribution < -0.4 is 10.6 Å². The van der Waals surface area contributed by atoms with Crippen LogP contribution in [0.5, 0.6) is 0 Å². The molecule has 1 aliphatic heterocycles. The molecule has 0 aliphatic carbocycles. The summed E-state index contributed by atoms with van der Waals surface area (Å²) in [5, 5.41) is 8.93. The lowest BCUT2D eigenvalue weighted by Crippen LogP contribution is -2.47. The second-order valence-electron chi connectivity index (χ2n) is 4.43. The topological polar surface area (TPSA) is 52.7 Å². The van der Waals surface area contributed by atoms with Gasteiger partial charge in [-0.3, -0.25) is 4.90 Å². The molecule has 0 unspecified atom stereocenters. The largest absolute Gasteiger partial charge is 0.395 e. The minimum absolute atomic E-state index is 0.226. The van der Waals surface area contributed by atoms with Crippen LogP contribution in [0.15, 0.2) is 24.3 Å². The van der Waals surface area contributed by atoms with Gasteiger partial charge in [0, 0.05) is 44.0 Å². The van der Waals surface area contributed by atoms with E-state index in [1.54, 1.807) is 0 Å². The maximum atomic E-state index is 8.93. The average molecular weight is 265 g/mol. The summed E-state index contributed by atoms with van der Waals surface area (Å²) in [5.74, 6) is 0. The molecule has 1 aromatic rings. The number of nitrogens with two attached hydrogens (primary N) is 1. The van der Waals surface area contributed by atoms with E-state index >= 15 is 0 Å². The van der Waals surface area contributed by atoms with Crippen LogP contribution in [0.4, 0.5) is 5.69 Å². The van der Waals surface area contributed by atoms with Crippen molar-refractivity contribution in [2.45, 2.75) is 0 Å². The maximum absolute atomic E-state index is 8.93. The standard InChI is InChI=1S/C13H19N3OS/c14-13(18)11-3-1-2-4-12(11)16-7-5-15(6-8-16)9-10-17/h1-4,17H,5-10H2,(H2,14,18). The van der Waals surface area contributed by atoms with E-state index in [9.17, 15) is 0 Å². The van der Waals surface area contributed by atoms with E-state index in [0.29, 0.717) is 4.99 Å². The highest BCUT2D eigenvalue weighted by Crippen LogP contribution is 2.21. The molecule has 18 heavy (non-hydrogen) atoms. The number of aliphatic hydroxyl groups excluding tert-OH is 1. The molecule has 1 heterocycles. The van der Waals surface area contributed by atoms with Crippen molar-refractivity contribution in [1.82, 2.24) is 4.90 Å². The van der Waals surface area contributed by atoms with Crippen LogP contribution in [-0.2, 0) is 0 Å². The summed E-state index contributed by atoms with van der Waals surface area (Å²) in [6.45, 7) is 4.80. The lowest BCUT2D eigenvalue weighted by Gasteiger charge is -2.36. The SMILES string of the molecule is NC(=S)c1ccccc1N1CCN(CCO)CC1. The molecule has 0 atom stereocenters. The number of nitrogens with zero attached hydrogens (tertiary/aromatic N) is 2. The third-order valence-electron chi connectivity index (χ3n) is 3.30. The number of anilines is 1. The van der Waals surface area contributed by atoms with Gasteiger partial charge in [0.25, 0.3) is 0 Å². The van der Waals surface area contributed by atoms with Gasteiger partial charge in [-0.1, -0.05) is 24.4 Å². The number of benzene rings is 1. The highest BCUT2D eigenvalue weighted by molar-refractivity contribution is 7.80. The van der Waals surface area contributed by atoms with E-state index in [1.165, 1.54) is 0 Å². The van der Waals surface area contributed by atoms with Crippen molar-refractivity contribution in [3.63, 3.8) is 0 Å². The van der Waals surface area contributed by atoms with Crippen molar-refractivity contribution < 1.29 is 5.11 Å². The lowest BCUT2D eigenvalue weighted by molar-refractivity contribution is 0.189. The molecule has 1 aliphatic rings. The van der Waals surface area contributed by atoms with Gasteiger partial charge in [0.1, 0.15) is 4.99 Å². The van der Waals surface area contributed by atoms with E-state index in [-0.39, 0.29) is 6.61 Å². The fourth-order valence-corrected chi connectivity index (χ4v) is 2.48. The number of rotatable bonds is 4. The zero-order valence-corrected chi connectivity index (χ0v) is 11.2.